The van der Waals surface area contributed by atoms with Crippen LogP contribution in [-0.2, 0) is 9.53 Å². The Kier molecular flexibility index (Phi) is 4.14. The van der Waals surface area contributed by atoms with Gasteiger partial charge >= 0.3 is 5.97 Å². The fraction of sp³-hybridized carbons (Fsp3) is 0.333. The van der Waals surface area contributed by atoms with Crippen LogP contribution in [0.3, 0.4) is 0 Å². The zero-order chi connectivity index (χ0) is 12.5. The molecule has 0 fully saturated rings. The van der Waals surface area contributed by atoms with Crippen molar-refractivity contribution in [3.8, 4) is 6.07 Å². The maximum atomic E-state index is 11.5. The van der Waals surface area contributed by atoms with E-state index in [4.69, 9.17) is 51.7 Å². The normalized spacial score (nSPS) is 29.5. The van der Waals surface area contributed by atoms with E-state index in [1.54, 1.807) is 6.07 Å². The largest absolute Gasteiger partial charge is 0.468 e. The molecule has 0 aromatic carbocycles. The first-order valence-electron chi connectivity index (χ1n) is 4.00. The van der Waals surface area contributed by atoms with Gasteiger partial charge in [-0.05, 0) is 6.08 Å². The highest BCUT2D eigenvalue weighted by atomic mass is 35.5. The molecule has 2 atom stereocenters. The SMILES string of the molecule is COC(=O)C1C=C(Cl)C(Cl)=C(Cl)C1(Cl)C#N. The summed E-state index contributed by atoms with van der Waals surface area (Å²) in [6.07, 6.45) is 1.25. The van der Waals surface area contributed by atoms with Gasteiger partial charge in [-0.2, -0.15) is 5.26 Å². The Morgan fingerprint density at radius 2 is 2.12 bits per heavy atom. The second-order valence-electron chi connectivity index (χ2n) is 2.97. The predicted molar refractivity (Wildman–Crippen MR) is 62.4 cm³/mol. The standard InChI is InChI=1S/C9H5Cl4NO2/c1-16-8(15)4-2-5(10)6(11)7(12)9(4,13)3-14/h2,4H,1H3. The summed E-state index contributed by atoms with van der Waals surface area (Å²) in [5.74, 6) is -1.80. The van der Waals surface area contributed by atoms with Crippen molar-refractivity contribution in [2.24, 2.45) is 5.92 Å². The highest BCUT2D eigenvalue weighted by Crippen LogP contribution is 2.46. The number of methoxy groups -OCH3 is 1. The van der Waals surface area contributed by atoms with E-state index in [9.17, 15) is 4.79 Å². The van der Waals surface area contributed by atoms with Crippen LogP contribution >= 0.6 is 46.4 Å². The van der Waals surface area contributed by atoms with Gasteiger partial charge in [0.05, 0.1) is 28.3 Å². The maximum Gasteiger partial charge on any atom is 0.315 e. The summed E-state index contributed by atoms with van der Waals surface area (Å²) in [6, 6.07) is 1.73. The minimum absolute atomic E-state index is 0.0416. The minimum Gasteiger partial charge on any atom is -0.468 e. The number of carbonyl (C=O) groups is 1. The van der Waals surface area contributed by atoms with Crippen LogP contribution in [0, 0.1) is 17.2 Å². The molecule has 1 rings (SSSR count). The van der Waals surface area contributed by atoms with Crippen molar-refractivity contribution in [2.75, 3.05) is 7.11 Å². The Hall–Kier alpha value is -0.400. The lowest BCUT2D eigenvalue weighted by molar-refractivity contribution is -0.144. The number of alkyl halides is 1. The highest BCUT2D eigenvalue weighted by molar-refractivity contribution is 6.52. The van der Waals surface area contributed by atoms with Crippen LogP contribution in [0.2, 0.25) is 0 Å². The van der Waals surface area contributed by atoms with E-state index in [2.05, 4.69) is 4.74 Å². The summed E-state index contributed by atoms with van der Waals surface area (Å²) < 4.78 is 4.52. The smallest absolute Gasteiger partial charge is 0.315 e. The molecule has 2 unspecified atom stereocenters. The summed E-state index contributed by atoms with van der Waals surface area (Å²) >= 11 is 23.3. The number of nitriles is 1. The van der Waals surface area contributed by atoms with E-state index in [0.29, 0.717) is 0 Å². The number of allylic oxidation sites excluding steroid dienone is 3. The summed E-state index contributed by atoms with van der Waals surface area (Å²) in [4.78, 5) is 9.68. The molecular formula is C9H5Cl4NO2. The van der Waals surface area contributed by atoms with Crippen molar-refractivity contribution >= 4 is 52.4 Å². The number of nitrogens with zero attached hydrogens (tertiary/aromatic N) is 1. The number of carbonyl (C=O) groups excluding carboxylic acids is 1. The molecule has 0 aromatic rings. The number of rotatable bonds is 1. The first-order chi connectivity index (χ1) is 7.38. The second kappa shape index (κ2) is 4.85. The first kappa shape index (κ1) is 13.7. The number of esters is 1. The Morgan fingerprint density at radius 3 is 2.56 bits per heavy atom. The number of halogens is 4. The lowest BCUT2D eigenvalue weighted by atomic mass is 9.88. The molecule has 0 saturated heterocycles. The van der Waals surface area contributed by atoms with Crippen LogP contribution in [0.4, 0.5) is 0 Å². The summed E-state index contributed by atoms with van der Waals surface area (Å²) in [6.45, 7) is 0. The van der Waals surface area contributed by atoms with Gasteiger partial charge in [-0.15, -0.1) is 0 Å². The Bertz CT molecular complexity index is 437. The molecule has 0 saturated carbocycles. The molecule has 86 valence electrons. The molecule has 0 N–H and O–H groups in total. The molecule has 0 spiro atoms. The molecule has 1 aliphatic rings. The summed E-state index contributed by atoms with van der Waals surface area (Å²) in [5, 5.41) is 8.84. The third-order valence-electron chi connectivity index (χ3n) is 2.08. The molecule has 0 radical (unpaired) electrons. The number of ether oxygens (including phenoxy) is 1. The fourth-order valence-electron chi connectivity index (χ4n) is 1.21. The highest BCUT2D eigenvalue weighted by Gasteiger charge is 2.48. The van der Waals surface area contributed by atoms with Crippen molar-refractivity contribution in [2.45, 2.75) is 4.87 Å². The summed E-state index contributed by atoms with van der Waals surface area (Å²) in [7, 11) is 1.17. The topological polar surface area (TPSA) is 50.1 Å². The van der Waals surface area contributed by atoms with E-state index < -0.39 is 16.8 Å². The van der Waals surface area contributed by atoms with Gasteiger partial charge in [0.2, 0.25) is 0 Å². The number of hydrogen-bond donors (Lipinski definition) is 0. The van der Waals surface area contributed by atoms with Crippen LogP contribution in [0.15, 0.2) is 21.2 Å². The molecule has 0 heterocycles. The van der Waals surface area contributed by atoms with Crippen molar-refractivity contribution in [1.82, 2.24) is 0 Å². The predicted octanol–water partition coefficient (Wildman–Crippen LogP) is 3.10. The van der Waals surface area contributed by atoms with Crippen LogP contribution in [0.5, 0.6) is 0 Å². The van der Waals surface area contributed by atoms with Gasteiger partial charge < -0.3 is 4.74 Å². The lowest BCUT2D eigenvalue weighted by Gasteiger charge is -2.29. The molecule has 16 heavy (non-hydrogen) atoms. The van der Waals surface area contributed by atoms with Gasteiger partial charge in [-0.1, -0.05) is 46.4 Å². The molecule has 0 amide bonds. The van der Waals surface area contributed by atoms with E-state index in [0.717, 1.165) is 0 Å². The van der Waals surface area contributed by atoms with Gasteiger partial charge in [0.15, 0.2) is 4.87 Å². The molecule has 0 bridgehead atoms. The molecule has 0 aromatic heterocycles. The fourth-order valence-corrected chi connectivity index (χ4v) is 2.25. The van der Waals surface area contributed by atoms with Crippen LogP contribution in [-0.4, -0.2) is 18.0 Å². The van der Waals surface area contributed by atoms with Crippen molar-refractivity contribution in [3.63, 3.8) is 0 Å². The van der Waals surface area contributed by atoms with E-state index in [1.807, 2.05) is 0 Å². The molecule has 0 aliphatic heterocycles. The lowest BCUT2D eigenvalue weighted by Crippen LogP contribution is -2.38. The zero-order valence-corrected chi connectivity index (χ0v) is 11.0. The number of hydrogen-bond acceptors (Lipinski definition) is 3. The average Bonchev–Trinajstić information content (AvgIpc) is 2.30. The van der Waals surface area contributed by atoms with Crippen molar-refractivity contribution in [1.29, 1.82) is 5.26 Å². The Balaban J connectivity index is 3.34. The van der Waals surface area contributed by atoms with Crippen LogP contribution < -0.4 is 0 Å². The second-order valence-corrected chi connectivity index (χ2v) is 4.73. The van der Waals surface area contributed by atoms with Crippen molar-refractivity contribution < 1.29 is 9.53 Å². The van der Waals surface area contributed by atoms with Gasteiger partial charge in [-0.3, -0.25) is 4.79 Å². The van der Waals surface area contributed by atoms with Crippen LogP contribution in [0.25, 0.3) is 0 Å². The maximum absolute atomic E-state index is 11.5. The van der Waals surface area contributed by atoms with Gasteiger partial charge in [0.1, 0.15) is 5.92 Å². The van der Waals surface area contributed by atoms with E-state index >= 15 is 0 Å². The molecule has 7 heteroatoms. The van der Waals surface area contributed by atoms with Gasteiger partial charge in [0, 0.05) is 0 Å². The third kappa shape index (κ3) is 2.03. The third-order valence-corrected chi connectivity index (χ3v) is 4.07. The Labute approximate surface area is 112 Å². The van der Waals surface area contributed by atoms with Crippen LogP contribution in [0.1, 0.15) is 0 Å². The quantitative estimate of drug-likeness (QED) is 0.552. The molecular weight excluding hydrogens is 296 g/mol. The molecule has 1 aliphatic carbocycles. The zero-order valence-electron chi connectivity index (χ0n) is 7.93. The average molecular weight is 301 g/mol. The van der Waals surface area contributed by atoms with Crippen molar-refractivity contribution in [3.05, 3.63) is 21.2 Å². The van der Waals surface area contributed by atoms with Gasteiger partial charge in [-0.25, -0.2) is 0 Å². The van der Waals surface area contributed by atoms with Gasteiger partial charge in [0.25, 0.3) is 0 Å². The summed E-state index contributed by atoms with van der Waals surface area (Å²) in [5.41, 5.74) is 0. The Morgan fingerprint density at radius 1 is 1.56 bits per heavy atom. The molecule has 3 nitrogen and oxygen atoms in total. The van der Waals surface area contributed by atoms with E-state index in [1.165, 1.54) is 13.2 Å². The monoisotopic (exact) mass is 299 g/mol. The van der Waals surface area contributed by atoms with E-state index in [-0.39, 0.29) is 15.1 Å². The minimum atomic E-state index is -1.77. The first-order valence-corrected chi connectivity index (χ1v) is 5.51.